The first-order valence-electron chi connectivity index (χ1n) is 5.35. The fourth-order valence-electron chi connectivity index (χ4n) is 1.44. The normalized spacial score (nSPS) is 11.4. The van der Waals surface area contributed by atoms with Gasteiger partial charge >= 0.3 is 0 Å². The highest BCUT2D eigenvalue weighted by Gasteiger charge is 2.11. The maximum atomic E-state index is 8.71. The van der Waals surface area contributed by atoms with Crippen molar-refractivity contribution in [2.45, 2.75) is 6.92 Å². The first-order chi connectivity index (χ1) is 9.11. The highest BCUT2D eigenvalue weighted by molar-refractivity contribution is 9.10. The lowest BCUT2D eigenvalue weighted by Gasteiger charge is -2.09. The molecule has 0 saturated heterocycles. The van der Waals surface area contributed by atoms with Gasteiger partial charge in [-0.05, 0) is 36.8 Å². The number of oxime groups is 1. The van der Waals surface area contributed by atoms with Gasteiger partial charge in [0.25, 0.3) is 0 Å². The van der Waals surface area contributed by atoms with Gasteiger partial charge in [-0.2, -0.15) is 5.10 Å². The molecule has 0 spiro atoms. The summed E-state index contributed by atoms with van der Waals surface area (Å²) in [7, 11) is 0. The maximum Gasteiger partial charge on any atom is 0.250 e. The second-order valence-electron chi connectivity index (χ2n) is 3.75. The summed E-state index contributed by atoms with van der Waals surface area (Å²) >= 11 is 3.41. The van der Waals surface area contributed by atoms with Crippen molar-refractivity contribution in [1.82, 2.24) is 10.2 Å². The van der Waals surface area contributed by atoms with E-state index in [-0.39, 0.29) is 11.7 Å². The van der Waals surface area contributed by atoms with Gasteiger partial charge in [0.2, 0.25) is 5.88 Å². The van der Waals surface area contributed by atoms with Crippen molar-refractivity contribution in [3.8, 4) is 11.6 Å². The van der Waals surface area contributed by atoms with Gasteiger partial charge < -0.3 is 15.7 Å². The largest absolute Gasteiger partial charge is 0.437 e. The fourth-order valence-corrected chi connectivity index (χ4v) is 1.68. The lowest BCUT2D eigenvalue weighted by atomic mass is 10.2. The zero-order valence-electron chi connectivity index (χ0n) is 10.0. The number of ether oxygens (including phenoxy) is 1. The summed E-state index contributed by atoms with van der Waals surface area (Å²) in [6, 6.07) is 7.05. The average molecular weight is 323 g/mol. The van der Waals surface area contributed by atoms with Crippen molar-refractivity contribution in [3.05, 3.63) is 46.1 Å². The molecule has 0 aliphatic rings. The monoisotopic (exact) mass is 322 g/mol. The molecule has 98 valence electrons. The van der Waals surface area contributed by atoms with Crippen LogP contribution < -0.4 is 10.5 Å². The van der Waals surface area contributed by atoms with E-state index >= 15 is 0 Å². The van der Waals surface area contributed by atoms with E-state index in [0.29, 0.717) is 11.3 Å². The predicted octanol–water partition coefficient (Wildman–Crippen LogP) is 2.43. The zero-order valence-corrected chi connectivity index (χ0v) is 11.6. The Hall–Kier alpha value is -2.15. The van der Waals surface area contributed by atoms with Gasteiger partial charge in [-0.3, -0.25) is 0 Å². The molecule has 0 saturated carbocycles. The number of hydrogen-bond donors (Lipinski definition) is 2. The smallest absolute Gasteiger partial charge is 0.250 e. The van der Waals surface area contributed by atoms with E-state index in [0.717, 1.165) is 10.0 Å². The van der Waals surface area contributed by atoms with Crippen LogP contribution in [0.3, 0.4) is 0 Å². The summed E-state index contributed by atoms with van der Waals surface area (Å²) in [6.07, 6.45) is 1.44. The lowest BCUT2D eigenvalue weighted by molar-refractivity contribution is 0.318. The third-order valence-electron chi connectivity index (χ3n) is 2.41. The second kappa shape index (κ2) is 5.66. The molecule has 1 aromatic heterocycles. The van der Waals surface area contributed by atoms with Crippen molar-refractivity contribution >= 4 is 21.8 Å². The number of nitrogens with two attached hydrogens (primary N) is 1. The van der Waals surface area contributed by atoms with Crippen molar-refractivity contribution in [1.29, 1.82) is 0 Å². The Morgan fingerprint density at radius 3 is 2.89 bits per heavy atom. The molecule has 0 atom stereocenters. The number of halogens is 1. The molecule has 7 heteroatoms. The molecule has 3 N–H and O–H groups in total. The van der Waals surface area contributed by atoms with Crippen LogP contribution in [0.15, 0.2) is 40.1 Å². The molecule has 1 heterocycles. The van der Waals surface area contributed by atoms with E-state index < -0.39 is 0 Å². The summed E-state index contributed by atoms with van der Waals surface area (Å²) in [5, 5.41) is 19.2. The lowest BCUT2D eigenvalue weighted by Crippen LogP contribution is -2.15. The van der Waals surface area contributed by atoms with Gasteiger partial charge in [0.15, 0.2) is 5.84 Å². The Kier molecular flexibility index (Phi) is 3.96. The summed E-state index contributed by atoms with van der Waals surface area (Å²) in [4.78, 5) is 0. The topological polar surface area (TPSA) is 93.6 Å². The van der Waals surface area contributed by atoms with E-state index in [9.17, 15) is 0 Å². The van der Waals surface area contributed by atoms with Gasteiger partial charge in [-0.1, -0.05) is 21.1 Å². The number of rotatable bonds is 3. The molecular formula is C12H11BrN4O2. The molecule has 0 radical (unpaired) electrons. The Bertz CT molecular complexity index is 631. The van der Waals surface area contributed by atoms with E-state index in [1.54, 1.807) is 12.1 Å². The third-order valence-corrected chi connectivity index (χ3v) is 3.30. The van der Waals surface area contributed by atoms with Gasteiger partial charge in [0, 0.05) is 4.47 Å². The van der Waals surface area contributed by atoms with Crippen LogP contribution in [0.4, 0.5) is 0 Å². The van der Waals surface area contributed by atoms with Gasteiger partial charge in [-0.15, -0.1) is 5.10 Å². The first kappa shape index (κ1) is 13.3. The molecule has 0 fully saturated rings. The van der Waals surface area contributed by atoms with Crippen LogP contribution in [0, 0.1) is 6.92 Å². The van der Waals surface area contributed by atoms with E-state index in [1.807, 2.05) is 19.1 Å². The van der Waals surface area contributed by atoms with Crippen LogP contribution in [0.1, 0.15) is 11.1 Å². The Labute approximate surface area is 118 Å². The zero-order chi connectivity index (χ0) is 13.8. The number of benzene rings is 1. The molecule has 0 bridgehead atoms. The highest BCUT2D eigenvalue weighted by Crippen LogP contribution is 2.26. The number of amidine groups is 1. The van der Waals surface area contributed by atoms with Crippen LogP contribution in [0.5, 0.6) is 11.6 Å². The predicted molar refractivity (Wildman–Crippen MR) is 73.5 cm³/mol. The molecule has 0 aliphatic heterocycles. The van der Waals surface area contributed by atoms with Crippen LogP contribution >= 0.6 is 15.9 Å². The first-order valence-corrected chi connectivity index (χ1v) is 6.14. The van der Waals surface area contributed by atoms with Crippen molar-refractivity contribution in [3.63, 3.8) is 0 Å². The summed E-state index contributed by atoms with van der Waals surface area (Å²) in [5.74, 6) is 0.687. The molecule has 6 nitrogen and oxygen atoms in total. The number of aryl methyl sites for hydroxylation is 1. The van der Waals surface area contributed by atoms with Crippen LogP contribution in [0.2, 0.25) is 0 Å². The van der Waals surface area contributed by atoms with Gasteiger partial charge in [0.05, 0.1) is 11.8 Å². The molecule has 19 heavy (non-hydrogen) atoms. The van der Waals surface area contributed by atoms with Gasteiger partial charge in [-0.25, -0.2) is 0 Å². The van der Waals surface area contributed by atoms with E-state index in [2.05, 4.69) is 31.3 Å². The number of aromatic nitrogens is 2. The average Bonchev–Trinajstić information content (AvgIpc) is 2.43. The highest BCUT2D eigenvalue weighted by atomic mass is 79.9. The molecule has 2 aromatic rings. The van der Waals surface area contributed by atoms with E-state index in [4.69, 9.17) is 15.7 Å². The SMILES string of the molecule is Cc1cc(Oc2nnccc2/C(N)=N/O)ccc1Br. The Balaban J connectivity index is 2.35. The quantitative estimate of drug-likeness (QED) is 0.392. The molecular weight excluding hydrogens is 312 g/mol. The minimum Gasteiger partial charge on any atom is -0.437 e. The van der Waals surface area contributed by atoms with Crippen LogP contribution in [-0.2, 0) is 0 Å². The third kappa shape index (κ3) is 3.00. The minimum absolute atomic E-state index is 0.0845. The molecule has 0 aliphatic carbocycles. The molecule has 0 amide bonds. The van der Waals surface area contributed by atoms with Crippen molar-refractivity contribution in [2.75, 3.05) is 0 Å². The van der Waals surface area contributed by atoms with Crippen molar-refractivity contribution < 1.29 is 9.94 Å². The number of nitrogens with zero attached hydrogens (tertiary/aromatic N) is 3. The molecule has 1 aromatic carbocycles. The standard InChI is InChI=1S/C12H11BrN4O2/c1-7-6-8(2-3-10(7)13)19-12-9(11(14)17-18)4-5-15-16-12/h2-6,18H,1H3,(H2,14,17). The summed E-state index contributed by atoms with van der Waals surface area (Å²) in [5.41, 5.74) is 6.94. The summed E-state index contributed by atoms with van der Waals surface area (Å²) in [6.45, 7) is 1.94. The van der Waals surface area contributed by atoms with Crippen LogP contribution in [0.25, 0.3) is 0 Å². The molecule has 2 rings (SSSR count). The van der Waals surface area contributed by atoms with E-state index in [1.165, 1.54) is 6.20 Å². The van der Waals surface area contributed by atoms with Crippen LogP contribution in [-0.4, -0.2) is 21.2 Å². The second-order valence-corrected chi connectivity index (χ2v) is 4.60. The van der Waals surface area contributed by atoms with Crippen molar-refractivity contribution in [2.24, 2.45) is 10.9 Å². The van der Waals surface area contributed by atoms with Gasteiger partial charge in [0.1, 0.15) is 5.75 Å². The minimum atomic E-state index is -0.0845. The number of hydrogen-bond acceptors (Lipinski definition) is 5. The Morgan fingerprint density at radius 2 is 2.21 bits per heavy atom. The maximum absolute atomic E-state index is 8.71. The fraction of sp³-hybridized carbons (Fsp3) is 0.0833. The molecule has 0 unspecified atom stereocenters. The Morgan fingerprint density at radius 1 is 1.42 bits per heavy atom. The summed E-state index contributed by atoms with van der Waals surface area (Å²) < 4.78 is 6.58.